The Kier molecular flexibility index (Phi) is 18.6. The Morgan fingerprint density at radius 3 is 2.17 bits per heavy atom. The molecule has 1 unspecified atom stereocenters. The highest BCUT2D eigenvalue weighted by Gasteiger charge is 2.11. The molecule has 1 atom stereocenters. The van der Waals surface area contributed by atoms with Crippen LogP contribution in [0.1, 0.15) is 57.9 Å². The largest absolute Gasteiger partial charge is 0.449 e. The molecule has 13 nitrogen and oxygen atoms in total. The molecule has 0 spiro atoms. The van der Waals surface area contributed by atoms with Gasteiger partial charge in [-0.1, -0.05) is 25.5 Å². The molecular weight excluding hydrogens is 546 g/mol. The predicted octanol–water partition coefficient (Wildman–Crippen LogP) is 1.45. The fourth-order valence-electron chi connectivity index (χ4n) is 3.52. The van der Waals surface area contributed by atoms with Gasteiger partial charge in [0.15, 0.2) is 0 Å². The Balaban J connectivity index is 2.06. The van der Waals surface area contributed by atoms with Crippen molar-refractivity contribution in [1.82, 2.24) is 21.3 Å². The van der Waals surface area contributed by atoms with E-state index in [-0.39, 0.29) is 69.1 Å². The molecule has 0 bridgehead atoms. The maximum Gasteiger partial charge on any atom is 0.407 e. The van der Waals surface area contributed by atoms with Gasteiger partial charge in [-0.25, -0.2) is 4.79 Å². The smallest absolute Gasteiger partial charge is 0.407 e. The third kappa shape index (κ3) is 18.4. The summed E-state index contributed by atoms with van der Waals surface area (Å²) in [6.45, 7) is 5.26. The lowest BCUT2D eigenvalue weighted by atomic mass is 10.0. The molecule has 5 amide bonds. The number of alkyl carbamates (subject to hydrolysis) is 1. The first-order chi connectivity index (χ1) is 20.1. The topological polar surface area (TPSA) is 181 Å². The number of amides is 5. The molecule has 1 rings (SSSR count). The summed E-state index contributed by atoms with van der Waals surface area (Å²) in [4.78, 5) is 70.1. The molecule has 1 aromatic rings. The fraction of sp³-hybridized carbons (Fsp3) is 0.586. The molecule has 0 aliphatic carbocycles. The zero-order chi connectivity index (χ0) is 31.2. The summed E-state index contributed by atoms with van der Waals surface area (Å²) in [7, 11) is 1.53. The number of Topliss-reactive ketones (excluding diaryl/α,β-unsaturated/α-hetero) is 1. The van der Waals surface area contributed by atoms with Gasteiger partial charge >= 0.3 is 6.09 Å². The molecule has 13 heteroatoms. The predicted molar refractivity (Wildman–Crippen MR) is 157 cm³/mol. The highest BCUT2D eigenvalue weighted by molar-refractivity contribution is 6.03. The standard InChI is InChI=1S/C29H45N5O8/c1-21(22(2)35)7-4-5-13-33-29(40)42-17-6-16-41-18-15-32-27(38)20-28(39)34-24-10-8-23(9-11-24)19-26(37)31-14-12-25(36)30-3/h8-11,21H,4-7,12-20H2,1-3H3,(H,30,36)(H,31,37)(H,32,38)(H,33,40)(H,34,39). The van der Waals surface area contributed by atoms with E-state index in [2.05, 4.69) is 26.6 Å². The summed E-state index contributed by atoms with van der Waals surface area (Å²) in [5.74, 6) is -1.07. The molecule has 0 fully saturated rings. The minimum atomic E-state index is -0.491. The molecule has 0 aliphatic heterocycles. The quantitative estimate of drug-likeness (QED) is 0.105. The van der Waals surface area contributed by atoms with Gasteiger partial charge in [-0.15, -0.1) is 0 Å². The Morgan fingerprint density at radius 2 is 1.48 bits per heavy atom. The van der Waals surface area contributed by atoms with Crippen molar-refractivity contribution in [1.29, 1.82) is 0 Å². The van der Waals surface area contributed by atoms with Crippen LogP contribution in [0.15, 0.2) is 24.3 Å². The van der Waals surface area contributed by atoms with E-state index in [1.54, 1.807) is 31.2 Å². The van der Waals surface area contributed by atoms with E-state index in [1.165, 1.54) is 7.05 Å². The lowest BCUT2D eigenvalue weighted by molar-refractivity contribution is -0.127. The molecule has 0 radical (unpaired) electrons. The van der Waals surface area contributed by atoms with E-state index in [0.717, 1.165) is 24.8 Å². The van der Waals surface area contributed by atoms with Gasteiger partial charge in [0.2, 0.25) is 23.6 Å². The Hall–Kier alpha value is -4.00. The number of hydrogen-bond donors (Lipinski definition) is 5. The van der Waals surface area contributed by atoms with Crippen LogP contribution in [0.5, 0.6) is 0 Å². The molecule has 234 valence electrons. The van der Waals surface area contributed by atoms with E-state index in [9.17, 15) is 28.8 Å². The van der Waals surface area contributed by atoms with Crippen LogP contribution in [0.2, 0.25) is 0 Å². The van der Waals surface area contributed by atoms with Gasteiger partial charge in [-0.3, -0.25) is 24.0 Å². The third-order valence-corrected chi connectivity index (χ3v) is 6.14. The first-order valence-electron chi connectivity index (χ1n) is 14.2. The molecule has 0 aliphatic rings. The first kappa shape index (κ1) is 36.0. The summed E-state index contributed by atoms with van der Waals surface area (Å²) in [6.07, 6.45) is 2.44. The van der Waals surface area contributed by atoms with Crippen LogP contribution in [0.25, 0.3) is 0 Å². The second-order valence-corrected chi connectivity index (χ2v) is 9.76. The Bertz CT molecular complexity index is 1020. The molecule has 1 aromatic carbocycles. The van der Waals surface area contributed by atoms with E-state index in [1.807, 2.05) is 6.92 Å². The molecule has 0 saturated heterocycles. The van der Waals surface area contributed by atoms with Gasteiger partial charge in [-0.05, 0) is 37.5 Å². The van der Waals surface area contributed by atoms with Gasteiger partial charge in [0.1, 0.15) is 12.2 Å². The number of unbranched alkanes of at least 4 members (excludes halogenated alkanes) is 1. The zero-order valence-electron chi connectivity index (χ0n) is 24.8. The second kappa shape index (κ2) is 21.7. The first-order valence-corrected chi connectivity index (χ1v) is 14.2. The minimum Gasteiger partial charge on any atom is -0.449 e. The summed E-state index contributed by atoms with van der Waals surface area (Å²) < 4.78 is 10.5. The number of rotatable bonds is 21. The van der Waals surface area contributed by atoms with Crippen molar-refractivity contribution in [2.24, 2.45) is 5.92 Å². The molecule has 42 heavy (non-hydrogen) atoms. The van der Waals surface area contributed by atoms with Crippen molar-refractivity contribution in [3.05, 3.63) is 29.8 Å². The second-order valence-electron chi connectivity index (χ2n) is 9.76. The summed E-state index contributed by atoms with van der Waals surface area (Å²) in [5, 5.41) is 13.1. The van der Waals surface area contributed by atoms with Gasteiger partial charge in [0.05, 0.1) is 19.6 Å². The molecule has 0 heterocycles. The Morgan fingerprint density at radius 1 is 0.762 bits per heavy atom. The summed E-state index contributed by atoms with van der Waals surface area (Å²) in [5.41, 5.74) is 1.23. The van der Waals surface area contributed by atoms with Crippen molar-refractivity contribution >= 4 is 41.2 Å². The number of benzene rings is 1. The lowest BCUT2D eigenvalue weighted by Gasteiger charge is -2.09. The van der Waals surface area contributed by atoms with E-state index >= 15 is 0 Å². The van der Waals surface area contributed by atoms with Crippen LogP contribution in [-0.2, 0) is 39.9 Å². The Labute approximate surface area is 247 Å². The van der Waals surface area contributed by atoms with Crippen LogP contribution < -0.4 is 26.6 Å². The van der Waals surface area contributed by atoms with Crippen molar-refractivity contribution < 1.29 is 38.2 Å². The molecule has 0 saturated carbocycles. The van der Waals surface area contributed by atoms with Gasteiger partial charge < -0.3 is 36.1 Å². The van der Waals surface area contributed by atoms with E-state index < -0.39 is 17.9 Å². The number of nitrogens with one attached hydrogen (secondary N) is 5. The highest BCUT2D eigenvalue weighted by Crippen LogP contribution is 2.11. The average Bonchev–Trinajstić information content (AvgIpc) is 2.94. The van der Waals surface area contributed by atoms with Crippen LogP contribution in [0.4, 0.5) is 10.5 Å². The summed E-state index contributed by atoms with van der Waals surface area (Å²) >= 11 is 0. The average molecular weight is 592 g/mol. The lowest BCUT2D eigenvalue weighted by Crippen LogP contribution is -2.31. The van der Waals surface area contributed by atoms with Gasteiger partial charge in [0, 0.05) is 57.7 Å². The highest BCUT2D eigenvalue weighted by atomic mass is 16.5. The maximum absolute atomic E-state index is 12.1. The molecule has 0 aromatic heterocycles. The van der Waals surface area contributed by atoms with Crippen LogP contribution >= 0.6 is 0 Å². The van der Waals surface area contributed by atoms with Crippen molar-refractivity contribution in [3.8, 4) is 0 Å². The van der Waals surface area contributed by atoms with Gasteiger partial charge in [-0.2, -0.15) is 0 Å². The van der Waals surface area contributed by atoms with E-state index in [0.29, 0.717) is 25.3 Å². The van der Waals surface area contributed by atoms with Crippen LogP contribution in [-0.4, -0.2) is 82.0 Å². The van der Waals surface area contributed by atoms with Crippen molar-refractivity contribution in [3.63, 3.8) is 0 Å². The zero-order valence-corrected chi connectivity index (χ0v) is 24.8. The maximum atomic E-state index is 12.1. The van der Waals surface area contributed by atoms with Crippen LogP contribution in [0, 0.1) is 5.92 Å². The monoisotopic (exact) mass is 591 g/mol. The summed E-state index contributed by atoms with van der Waals surface area (Å²) in [6, 6.07) is 6.68. The van der Waals surface area contributed by atoms with Gasteiger partial charge in [0.25, 0.3) is 0 Å². The molecular formula is C29H45N5O8. The number of hydrogen-bond acceptors (Lipinski definition) is 8. The number of ketones is 1. The number of anilines is 1. The number of carbonyl (C=O) groups is 6. The van der Waals surface area contributed by atoms with Crippen LogP contribution in [0.3, 0.4) is 0 Å². The van der Waals surface area contributed by atoms with E-state index in [4.69, 9.17) is 9.47 Å². The fourth-order valence-corrected chi connectivity index (χ4v) is 3.52. The van der Waals surface area contributed by atoms with Crippen molar-refractivity contribution in [2.45, 2.75) is 58.8 Å². The minimum absolute atomic E-state index is 0.0448. The third-order valence-electron chi connectivity index (χ3n) is 6.14. The number of carbonyl (C=O) groups excluding carboxylic acids is 6. The number of ether oxygens (including phenoxy) is 2. The normalized spacial score (nSPS) is 11.1. The SMILES string of the molecule is CNC(=O)CCNC(=O)Cc1ccc(NC(=O)CC(=O)NCCOCCCOC(=O)NCCCCC(C)C(C)=O)cc1. The molecule has 5 N–H and O–H groups in total. The van der Waals surface area contributed by atoms with Crippen molar-refractivity contribution in [2.75, 3.05) is 51.8 Å².